The molecule has 0 bridgehead atoms. The minimum Gasteiger partial charge on any atom is -0.508 e. The summed E-state index contributed by atoms with van der Waals surface area (Å²) in [6.45, 7) is 6.36. The van der Waals surface area contributed by atoms with E-state index in [0.717, 1.165) is 5.56 Å². The minimum absolute atomic E-state index is 0.406. The van der Waals surface area contributed by atoms with Gasteiger partial charge in [-0.1, -0.05) is 13.8 Å². The molecule has 2 heteroatoms. The highest BCUT2D eigenvalue weighted by Crippen LogP contribution is 2.38. The van der Waals surface area contributed by atoms with Crippen molar-refractivity contribution < 1.29 is 9.68 Å². The summed E-state index contributed by atoms with van der Waals surface area (Å²) in [6.07, 6.45) is 2.23. The van der Waals surface area contributed by atoms with Crippen molar-refractivity contribution in [2.75, 3.05) is 7.05 Å². The van der Waals surface area contributed by atoms with Crippen LogP contribution < -0.4 is 0 Å². The lowest BCUT2D eigenvalue weighted by molar-refractivity contribution is -0.396. The maximum absolute atomic E-state index is 9.74. The van der Waals surface area contributed by atoms with E-state index in [0.29, 0.717) is 17.6 Å². The molecule has 0 aliphatic carbocycles. The molecule has 1 heterocycles. The van der Waals surface area contributed by atoms with E-state index in [1.807, 2.05) is 13.0 Å². The normalized spacial score (nSPS) is 19.3. The minimum atomic E-state index is 0.406. The van der Waals surface area contributed by atoms with Crippen molar-refractivity contribution in [1.82, 2.24) is 0 Å². The second kappa shape index (κ2) is 3.37. The van der Waals surface area contributed by atoms with Crippen LogP contribution in [0.5, 0.6) is 5.75 Å². The Kier molecular flexibility index (Phi) is 2.29. The van der Waals surface area contributed by atoms with Crippen LogP contribution in [0.4, 0.5) is 5.69 Å². The van der Waals surface area contributed by atoms with Gasteiger partial charge >= 0.3 is 0 Å². The fourth-order valence-electron chi connectivity index (χ4n) is 2.20. The van der Waals surface area contributed by atoms with E-state index < -0.39 is 0 Å². The standard InChI is InChI=1S/C13H17NO/c1-8(2)11-7-14(4)12-5-9(3)13(15)6-10(11)12/h5-8,11H,1-4H3/p+1. The van der Waals surface area contributed by atoms with Gasteiger partial charge in [-0.05, 0) is 24.5 Å². The Balaban J connectivity index is 2.57. The number of hydrogen-bond donors (Lipinski definition) is 1. The molecule has 0 saturated carbocycles. The number of benzene rings is 1. The average molecular weight is 204 g/mol. The van der Waals surface area contributed by atoms with Crippen LogP contribution in [-0.2, 0) is 0 Å². The molecule has 1 atom stereocenters. The zero-order chi connectivity index (χ0) is 11.2. The highest BCUT2D eigenvalue weighted by Gasteiger charge is 2.31. The fraction of sp³-hybridized carbons (Fsp3) is 0.462. The molecule has 15 heavy (non-hydrogen) atoms. The zero-order valence-electron chi connectivity index (χ0n) is 9.78. The van der Waals surface area contributed by atoms with Crippen molar-refractivity contribution in [1.29, 1.82) is 0 Å². The quantitative estimate of drug-likeness (QED) is 0.698. The van der Waals surface area contributed by atoms with Gasteiger partial charge in [0.15, 0.2) is 6.21 Å². The van der Waals surface area contributed by atoms with Gasteiger partial charge in [0.1, 0.15) is 12.8 Å². The van der Waals surface area contributed by atoms with Crippen LogP contribution >= 0.6 is 0 Å². The Labute approximate surface area is 90.9 Å². The highest BCUT2D eigenvalue weighted by atomic mass is 16.3. The topological polar surface area (TPSA) is 23.2 Å². The third-order valence-corrected chi connectivity index (χ3v) is 3.19. The van der Waals surface area contributed by atoms with Gasteiger partial charge < -0.3 is 5.11 Å². The molecule has 0 saturated heterocycles. The Morgan fingerprint density at radius 3 is 2.60 bits per heavy atom. The van der Waals surface area contributed by atoms with Crippen LogP contribution in [0.2, 0.25) is 0 Å². The molecular formula is C13H18NO+. The van der Waals surface area contributed by atoms with Crippen molar-refractivity contribution in [3.63, 3.8) is 0 Å². The van der Waals surface area contributed by atoms with Gasteiger partial charge in [0.2, 0.25) is 5.69 Å². The summed E-state index contributed by atoms with van der Waals surface area (Å²) >= 11 is 0. The monoisotopic (exact) mass is 204 g/mol. The smallest absolute Gasteiger partial charge is 0.209 e. The lowest BCUT2D eigenvalue weighted by Gasteiger charge is -2.10. The molecule has 0 spiro atoms. The van der Waals surface area contributed by atoms with Crippen LogP contribution in [0.15, 0.2) is 12.1 Å². The van der Waals surface area contributed by atoms with Crippen molar-refractivity contribution in [3.05, 3.63) is 23.3 Å². The van der Waals surface area contributed by atoms with Gasteiger partial charge in [0.05, 0.1) is 5.92 Å². The average Bonchev–Trinajstić information content (AvgIpc) is 2.45. The lowest BCUT2D eigenvalue weighted by atomic mass is 9.90. The maximum Gasteiger partial charge on any atom is 0.209 e. The van der Waals surface area contributed by atoms with E-state index in [1.54, 1.807) is 0 Å². The summed E-state index contributed by atoms with van der Waals surface area (Å²) in [5.74, 6) is 1.40. The molecule has 1 unspecified atom stereocenters. The summed E-state index contributed by atoms with van der Waals surface area (Å²) < 4.78 is 2.16. The van der Waals surface area contributed by atoms with Crippen molar-refractivity contribution in [2.45, 2.75) is 26.7 Å². The Morgan fingerprint density at radius 1 is 1.33 bits per heavy atom. The second-order valence-corrected chi connectivity index (χ2v) is 4.73. The number of phenols is 1. The van der Waals surface area contributed by atoms with E-state index in [2.05, 4.69) is 37.8 Å². The van der Waals surface area contributed by atoms with Crippen molar-refractivity contribution in [3.8, 4) is 5.75 Å². The predicted octanol–water partition coefficient (Wildman–Crippen LogP) is 2.80. The van der Waals surface area contributed by atoms with Gasteiger partial charge in [0.25, 0.3) is 0 Å². The summed E-state index contributed by atoms with van der Waals surface area (Å²) in [5.41, 5.74) is 3.41. The molecule has 2 nitrogen and oxygen atoms in total. The number of aryl methyl sites for hydroxylation is 1. The van der Waals surface area contributed by atoms with E-state index in [9.17, 15) is 5.11 Å². The molecule has 1 aliphatic heterocycles. The number of hydrogen-bond acceptors (Lipinski definition) is 1. The predicted molar refractivity (Wildman–Crippen MR) is 62.3 cm³/mol. The third-order valence-electron chi connectivity index (χ3n) is 3.19. The third kappa shape index (κ3) is 1.54. The van der Waals surface area contributed by atoms with Gasteiger partial charge in [-0.3, -0.25) is 0 Å². The van der Waals surface area contributed by atoms with E-state index in [-0.39, 0.29) is 0 Å². The molecule has 1 aliphatic rings. The second-order valence-electron chi connectivity index (χ2n) is 4.73. The van der Waals surface area contributed by atoms with Crippen LogP contribution in [0.25, 0.3) is 0 Å². The largest absolute Gasteiger partial charge is 0.508 e. The van der Waals surface area contributed by atoms with E-state index >= 15 is 0 Å². The Morgan fingerprint density at radius 2 is 2.00 bits per heavy atom. The van der Waals surface area contributed by atoms with Gasteiger partial charge in [0, 0.05) is 11.6 Å². The molecule has 0 aromatic heterocycles. The van der Waals surface area contributed by atoms with Crippen LogP contribution in [0.1, 0.15) is 30.9 Å². The summed E-state index contributed by atoms with van der Waals surface area (Å²) in [5, 5.41) is 9.74. The van der Waals surface area contributed by atoms with Gasteiger partial charge in [-0.2, -0.15) is 0 Å². The Hall–Kier alpha value is -1.31. The zero-order valence-corrected chi connectivity index (χ0v) is 9.78. The van der Waals surface area contributed by atoms with E-state index in [1.165, 1.54) is 11.3 Å². The summed E-state index contributed by atoms with van der Waals surface area (Å²) in [4.78, 5) is 0. The molecular weight excluding hydrogens is 186 g/mol. The first-order chi connectivity index (χ1) is 7.00. The van der Waals surface area contributed by atoms with Crippen LogP contribution in [0.3, 0.4) is 0 Å². The Bertz CT molecular complexity index is 432. The van der Waals surface area contributed by atoms with Gasteiger partial charge in [-0.15, -0.1) is 0 Å². The number of nitrogens with zero attached hydrogens (tertiary/aromatic N) is 1. The van der Waals surface area contributed by atoms with Crippen LogP contribution in [-0.4, -0.2) is 22.9 Å². The molecule has 80 valence electrons. The van der Waals surface area contributed by atoms with Crippen LogP contribution in [0, 0.1) is 12.8 Å². The molecule has 0 fully saturated rings. The number of fused-ring (bicyclic) bond motifs is 1. The molecule has 0 amide bonds. The van der Waals surface area contributed by atoms with E-state index in [4.69, 9.17) is 0 Å². The molecule has 1 N–H and O–H groups in total. The molecule has 2 rings (SSSR count). The number of rotatable bonds is 1. The first-order valence-corrected chi connectivity index (χ1v) is 5.42. The molecule has 1 aromatic rings. The van der Waals surface area contributed by atoms with Crippen molar-refractivity contribution in [2.24, 2.45) is 5.92 Å². The lowest BCUT2D eigenvalue weighted by Crippen LogP contribution is -2.05. The fourth-order valence-corrected chi connectivity index (χ4v) is 2.20. The highest BCUT2D eigenvalue weighted by molar-refractivity contribution is 5.74. The molecule has 1 aromatic carbocycles. The van der Waals surface area contributed by atoms with Crippen molar-refractivity contribution >= 4 is 11.9 Å². The first kappa shape index (κ1) is 10.2. The summed E-state index contributed by atoms with van der Waals surface area (Å²) in [6, 6.07) is 3.97. The number of phenolic OH excluding ortho intramolecular Hbond substituents is 1. The van der Waals surface area contributed by atoms with Gasteiger partial charge in [-0.25, -0.2) is 4.58 Å². The maximum atomic E-state index is 9.74. The SMILES string of the molecule is Cc1cc2c(cc1O)C(C(C)C)C=[N+]2C. The summed E-state index contributed by atoms with van der Waals surface area (Å²) in [7, 11) is 2.07. The first-order valence-electron chi connectivity index (χ1n) is 5.42. The number of aromatic hydroxyl groups is 1. The molecule has 0 radical (unpaired) electrons.